The number of hydrogen-bond acceptors (Lipinski definition) is 5. The number of amides is 2. The van der Waals surface area contributed by atoms with Crippen molar-refractivity contribution >= 4 is 27.5 Å². The second kappa shape index (κ2) is 14.2. The summed E-state index contributed by atoms with van der Waals surface area (Å²) in [5.74, 6) is 0.0899. The summed E-state index contributed by atoms with van der Waals surface area (Å²) >= 11 is 0. The highest BCUT2D eigenvalue weighted by Crippen LogP contribution is 2.29. The van der Waals surface area contributed by atoms with Crippen LogP contribution in [0, 0.1) is 19.8 Å². The minimum atomic E-state index is -4.11. The number of hydrogen-bond donors (Lipinski definition) is 1. The highest BCUT2D eigenvalue weighted by molar-refractivity contribution is 7.92. The van der Waals surface area contributed by atoms with Crippen LogP contribution in [-0.4, -0.2) is 51.4 Å². The molecule has 1 N–H and O–H groups in total. The quantitative estimate of drug-likeness (QED) is 0.305. The predicted molar refractivity (Wildman–Crippen MR) is 162 cm³/mol. The number of nitrogens with zero attached hydrogens (tertiary/aromatic N) is 2. The molecule has 0 aliphatic rings. The molecule has 0 fully saturated rings. The Kier molecular flexibility index (Phi) is 10.9. The van der Waals surface area contributed by atoms with Gasteiger partial charge in [-0.3, -0.25) is 13.9 Å². The summed E-state index contributed by atoms with van der Waals surface area (Å²) in [4.78, 5) is 29.1. The number of ether oxygens (including phenoxy) is 1. The molecule has 3 aromatic carbocycles. The number of benzene rings is 3. The van der Waals surface area contributed by atoms with Crippen LogP contribution in [0.25, 0.3) is 0 Å². The van der Waals surface area contributed by atoms with Gasteiger partial charge in [0.05, 0.1) is 17.7 Å². The predicted octanol–water partition coefficient (Wildman–Crippen LogP) is 5.09. The Hall–Kier alpha value is -3.85. The minimum Gasteiger partial charge on any atom is -0.497 e. The first-order chi connectivity index (χ1) is 19.5. The zero-order valence-corrected chi connectivity index (χ0v) is 25.6. The molecule has 0 aliphatic carbocycles. The van der Waals surface area contributed by atoms with E-state index in [0.717, 1.165) is 21.0 Å². The Morgan fingerprint density at radius 2 is 1.63 bits per heavy atom. The van der Waals surface area contributed by atoms with Gasteiger partial charge in [0.1, 0.15) is 18.3 Å². The van der Waals surface area contributed by atoms with Gasteiger partial charge in [0.25, 0.3) is 10.0 Å². The van der Waals surface area contributed by atoms with Crippen molar-refractivity contribution in [3.8, 4) is 5.75 Å². The average molecular weight is 580 g/mol. The van der Waals surface area contributed by atoms with Crippen molar-refractivity contribution in [3.63, 3.8) is 0 Å². The zero-order chi connectivity index (χ0) is 30.2. The van der Waals surface area contributed by atoms with Crippen LogP contribution in [0.4, 0.5) is 5.69 Å². The number of rotatable bonds is 13. The third-order valence-electron chi connectivity index (χ3n) is 7.01. The van der Waals surface area contributed by atoms with E-state index in [0.29, 0.717) is 24.4 Å². The van der Waals surface area contributed by atoms with Crippen LogP contribution in [0.5, 0.6) is 5.75 Å². The lowest BCUT2D eigenvalue weighted by atomic mass is 10.1. The highest BCUT2D eigenvalue weighted by Gasteiger charge is 2.34. The van der Waals surface area contributed by atoms with Gasteiger partial charge in [-0.1, -0.05) is 63.2 Å². The molecular formula is C32H41N3O5S. The van der Waals surface area contributed by atoms with Crippen LogP contribution in [0.2, 0.25) is 0 Å². The van der Waals surface area contributed by atoms with Crippen LogP contribution < -0.4 is 14.4 Å². The number of anilines is 1. The number of aryl methyl sites for hydroxylation is 1. The van der Waals surface area contributed by atoms with Gasteiger partial charge in [-0.15, -0.1) is 0 Å². The summed E-state index contributed by atoms with van der Waals surface area (Å²) in [6.07, 6.45) is 0.356. The lowest BCUT2D eigenvalue weighted by Gasteiger charge is -2.34. The molecule has 9 heteroatoms. The molecule has 0 bridgehead atoms. The first-order valence-corrected chi connectivity index (χ1v) is 15.3. The average Bonchev–Trinajstić information content (AvgIpc) is 2.96. The van der Waals surface area contributed by atoms with Crippen molar-refractivity contribution in [2.75, 3.05) is 24.5 Å². The molecule has 0 heterocycles. The van der Waals surface area contributed by atoms with Gasteiger partial charge >= 0.3 is 0 Å². The highest BCUT2D eigenvalue weighted by atomic mass is 32.2. The fraction of sp³-hybridized carbons (Fsp3) is 0.375. The molecule has 0 aromatic heterocycles. The van der Waals surface area contributed by atoms with E-state index in [-0.39, 0.29) is 23.3 Å². The Morgan fingerprint density at radius 3 is 2.27 bits per heavy atom. The third kappa shape index (κ3) is 7.88. The SMILES string of the molecule is CC[C@@H](C(=O)NCC(C)C)N(Cc1cccc(OC)c1)C(=O)CN(c1cccc(C)c1C)S(=O)(=O)c1ccccc1. The van der Waals surface area contributed by atoms with Gasteiger partial charge in [0, 0.05) is 13.1 Å². The van der Waals surface area contributed by atoms with Gasteiger partial charge in [-0.05, 0) is 73.2 Å². The van der Waals surface area contributed by atoms with E-state index >= 15 is 0 Å². The molecule has 3 rings (SSSR count). The van der Waals surface area contributed by atoms with E-state index in [1.807, 2.05) is 58.9 Å². The summed E-state index contributed by atoms with van der Waals surface area (Å²) in [6, 6.07) is 19.9. The monoisotopic (exact) mass is 579 g/mol. The Bertz CT molecular complexity index is 1440. The number of sulfonamides is 1. The lowest BCUT2D eigenvalue weighted by Crippen LogP contribution is -2.52. The molecule has 1 atom stereocenters. The van der Waals surface area contributed by atoms with E-state index < -0.39 is 28.5 Å². The molecule has 3 aromatic rings. The second-order valence-corrected chi connectivity index (χ2v) is 12.3. The van der Waals surface area contributed by atoms with Gasteiger partial charge in [0.2, 0.25) is 11.8 Å². The summed E-state index contributed by atoms with van der Waals surface area (Å²) in [5.41, 5.74) is 2.83. The normalized spacial score (nSPS) is 12.1. The Labute approximate surface area is 244 Å². The van der Waals surface area contributed by atoms with E-state index in [4.69, 9.17) is 4.74 Å². The molecule has 220 valence electrons. The fourth-order valence-corrected chi connectivity index (χ4v) is 6.04. The molecule has 0 radical (unpaired) electrons. The summed E-state index contributed by atoms with van der Waals surface area (Å²) in [7, 11) is -2.55. The molecule has 0 saturated carbocycles. The standard InChI is InChI=1S/C32H41N3O5S/c1-7-29(32(37)33-20-23(2)3)34(21-26-14-12-15-27(19-26)40-6)31(36)22-35(30-18-11-13-24(4)25(30)5)41(38,39)28-16-9-8-10-17-28/h8-19,23,29H,7,20-22H2,1-6H3,(H,33,37)/t29-/m0/s1. The summed E-state index contributed by atoms with van der Waals surface area (Å²) in [5, 5.41) is 2.95. The van der Waals surface area contributed by atoms with Crippen molar-refractivity contribution in [1.82, 2.24) is 10.2 Å². The topological polar surface area (TPSA) is 96.0 Å². The number of nitrogens with one attached hydrogen (secondary N) is 1. The van der Waals surface area contributed by atoms with Gasteiger partial charge in [-0.2, -0.15) is 0 Å². The largest absolute Gasteiger partial charge is 0.497 e. The van der Waals surface area contributed by atoms with Crippen molar-refractivity contribution in [1.29, 1.82) is 0 Å². The third-order valence-corrected chi connectivity index (χ3v) is 8.79. The summed E-state index contributed by atoms with van der Waals surface area (Å²) in [6.45, 7) is 9.67. The fourth-order valence-electron chi connectivity index (χ4n) is 4.55. The van der Waals surface area contributed by atoms with Crippen molar-refractivity contribution in [2.24, 2.45) is 5.92 Å². The van der Waals surface area contributed by atoms with Crippen molar-refractivity contribution < 1.29 is 22.7 Å². The van der Waals surface area contributed by atoms with Crippen LogP contribution in [0.3, 0.4) is 0 Å². The van der Waals surface area contributed by atoms with E-state index in [1.165, 1.54) is 17.0 Å². The van der Waals surface area contributed by atoms with Crippen LogP contribution >= 0.6 is 0 Å². The summed E-state index contributed by atoms with van der Waals surface area (Å²) < 4.78 is 34.5. The van der Waals surface area contributed by atoms with Crippen LogP contribution in [0.1, 0.15) is 43.9 Å². The molecule has 0 aliphatic heterocycles. The lowest BCUT2D eigenvalue weighted by molar-refractivity contribution is -0.140. The molecule has 0 saturated heterocycles. The molecule has 8 nitrogen and oxygen atoms in total. The maximum Gasteiger partial charge on any atom is 0.264 e. The second-order valence-electron chi connectivity index (χ2n) is 10.5. The number of methoxy groups -OCH3 is 1. The van der Waals surface area contributed by atoms with Crippen LogP contribution in [-0.2, 0) is 26.2 Å². The minimum absolute atomic E-state index is 0.0785. The zero-order valence-electron chi connectivity index (χ0n) is 24.8. The van der Waals surface area contributed by atoms with E-state index in [9.17, 15) is 18.0 Å². The van der Waals surface area contributed by atoms with E-state index in [2.05, 4.69) is 5.32 Å². The smallest absolute Gasteiger partial charge is 0.264 e. The first-order valence-electron chi connectivity index (χ1n) is 13.8. The number of carbonyl (C=O) groups excluding carboxylic acids is 2. The maximum absolute atomic E-state index is 14.2. The van der Waals surface area contributed by atoms with E-state index in [1.54, 1.807) is 43.5 Å². The van der Waals surface area contributed by atoms with Gasteiger partial charge in [-0.25, -0.2) is 8.42 Å². The number of carbonyl (C=O) groups is 2. The first kappa shape index (κ1) is 31.7. The van der Waals surface area contributed by atoms with Gasteiger partial charge in [0.15, 0.2) is 0 Å². The van der Waals surface area contributed by atoms with Crippen molar-refractivity contribution in [2.45, 2.75) is 58.5 Å². The molecule has 41 heavy (non-hydrogen) atoms. The van der Waals surface area contributed by atoms with Crippen molar-refractivity contribution in [3.05, 3.63) is 89.5 Å². The van der Waals surface area contributed by atoms with Gasteiger partial charge < -0.3 is 15.0 Å². The molecule has 0 spiro atoms. The Morgan fingerprint density at radius 1 is 0.951 bits per heavy atom. The molecule has 0 unspecified atom stereocenters. The molecular weight excluding hydrogens is 538 g/mol. The maximum atomic E-state index is 14.2. The molecule has 2 amide bonds. The Balaban J connectivity index is 2.09. The van der Waals surface area contributed by atoms with Crippen LogP contribution in [0.15, 0.2) is 77.7 Å².